The second-order valence-electron chi connectivity index (χ2n) is 4.07. The molecular weight excluding hydrogens is 238 g/mol. The number of hydrogen-bond donors (Lipinski definition) is 1. The third kappa shape index (κ3) is 3.20. The Morgan fingerprint density at radius 2 is 2.00 bits per heavy atom. The molecule has 0 aromatic heterocycles. The van der Waals surface area contributed by atoms with E-state index in [1.807, 2.05) is 19.9 Å². The topological polar surface area (TPSA) is 55.4 Å². The molecule has 0 unspecified atom stereocenters. The number of benzene rings is 1. The van der Waals surface area contributed by atoms with Crippen LogP contribution in [-0.4, -0.2) is 22.1 Å². The normalized spacial score (nSPS) is 11.8. The molecule has 0 saturated carbocycles. The number of ether oxygens (including phenoxy) is 1. The Kier molecular flexibility index (Phi) is 4.54. The van der Waals surface area contributed by atoms with Crippen LogP contribution in [0.1, 0.15) is 32.3 Å². The molecule has 1 aromatic carbocycles. The van der Waals surface area contributed by atoms with Gasteiger partial charge in [-0.1, -0.05) is 26.8 Å². The Labute approximate surface area is 103 Å². The number of sulfonamides is 1. The molecule has 1 N–H and O–H groups in total. The molecule has 0 spiro atoms. The number of nitrogens with one attached hydrogen (secondary N) is 1. The zero-order valence-corrected chi connectivity index (χ0v) is 11.5. The Morgan fingerprint density at radius 3 is 2.47 bits per heavy atom. The van der Waals surface area contributed by atoms with Crippen LogP contribution in [0.4, 0.5) is 0 Å². The van der Waals surface area contributed by atoms with E-state index in [4.69, 9.17) is 4.74 Å². The van der Waals surface area contributed by atoms with E-state index in [-0.39, 0.29) is 10.8 Å². The summed E-state index contributed by atoms with van der Waals surface area (Å²) in [6, 6.07) is 5.25. The summed E-state index contributed by atoms with van der Waals surface area (Å²) in [5.41, 5.74) is 0.974. The van der Waals surface area contributed by atoms with E-state index in [0.717, 1.165) is 5.56 Å². The van der Waals surface area contributed by atoms with E-state index >= 15 is 0 Å². The van der Waals surface area contributed by atoms with Gasteiger partial charge in [0.25, 0.3) is 0 Å². The molecule has 0 amide bonds. The molecule has 0 radical (unpaired) electrons. The van der Waals surface area contributed by atoms with E-state index in [9.17, 15) is 8.42 Å². The molecular formula is C12H19NO3S. The van der Waals surface area contributed by atoms with E-state index < -0.39 is 10.0 Å². The van der Waals surface area contributed by atoms with Crippen LogP contribution in [0.2, 0.25) is 0 Å². The molecule has 1 rings (SSSR count). The fourth-order valence-electron chi connectivity index (χ4n) is 1.53. The van der Waals surface area contributed by atoms with Crippen LogP contribution in [0.5, 0.6) is 5.75 Å². The lowest BCUT2D eigenvalue weighted by atomic mass is 10.0. The Hall–Kier alpha value is -1.07. The van der Waals surface area contributed by atoms with Crippen molar-refractivity contribution in [2.24, 2.45) is 0 Å². The third-order valence-electron chi connectivity index (χ3n) is 2.48. The highest BCUT2D eigenvalue weighted by atomic mass is 32.2. The van der Waals surface area contributed by atoms with E-state index in [1.165, 1.54) is 7.11 Å². The lowest BCUT2D eigenvalue weighted by Gasteiger charge is -2.13. The smallest absolute Gasteiger partial charge is 0.244 e. The van der Waals surface area contributed by atoms with Crippen molar-refractivity contribution in [3.63, 3.8) is 0 Å². The zero-order valence-electron chi connectivity index (χ0n) is 10.6. The van der Waals surface area contributed by atoms with E-state index in [0.29, 0.717) is 12.3 Å². The van der Waals surface area contributed by atoms with Crippen molar-refractivity contribution in [1.29, 1.82) is 0 Å². The first-order chi connectivity index (χ1) is 7.92. The number of rotatable bonds is 5. The van der Waals surface area contributed by atoms with Crippen LogP contribution in [0, 0.1) is 0 Å². The maximum Gasteiger partial charge on any atom is 0.244 e. The molecule has 0 aliphatic heterocycles. The molecule has 4 nitrogen and oxygen atoms in total. The Balaban J connectivity index is 3.33. The average molecular weight is 257 g/mol. The van der Waals surface area contributed by atoms with Gasteiger partial charge in [-0.25, -0.2) is 13.1 Å². The highest BCUT2D eigenvalue weighted by Crippen LogP contribution is 2.27. The summed E-state index contributed by atoms with van der Waals surface area (Å²) in [6.07, 6.45) is 0. The van der Waals surface area contributed by atoms with Gasteiger partial charge in [-0.3, -0.25) is 0 Å². The largest absolute Gasteiger partial charge is 0.495 e. The molecule has 0 aliphatic carbocycles. The van der Waals surface area contributed by atoms with Crippen molar-refractivity contribution < 1.29 is 13.2 Å². The number of methoxy groups -OCH3 is 1. The van der Waals surface area contributed by atoms with Gasteiger partial charge in [0.15, 0.2) is 0 Å². The molecule has 0 saturated heterocycles. The van der Waals surface area contributed by atoms with Crippen LogP contribution in [0.25, 0.3) is 0 Å². The van der Waals surface area contributed by atoms with E-state index in [1.54, 1.807) is 19.1 Å². The van der Waals surface area contributed by atoms with E-state index in [2.05, 4.69) is 4.72 Å². The SMILES string of the molecule is CCNS(=O)(=O)c1cc(C(C)C)ccc1OC. The second kappa shape index (κ2) is 5.51. The summed E-state index contributed by atoms with van der Waals surface area (Å²) < 4.78 is 31.6. The first kappa shape index (κ1) is 14.0. The molecule has 96 valence electrons. The summed E-state index contributed by atoms with van der Waals surface area (Å²) >= 11 is 0. The van der Waals surface area contributed by atoms with Gasteiger partial charge in [0.1, 0.15) is 10.6 Å². The van der Waals surface area contributed by atoms with Crippen LogP contribution in [-0.2, 0) is 10.0 Å². The maximum absolute atomic E-state index is 12.0. The van der Waals surface area contributed by atoms with Crippen molar-refractivity contribution in [3.05, 3.63) is 23.8 Å². The summed E-state index contributed by atoms with van der Waals surface area (Å²) in [5, 5.41) is 0. The van der Waals surface area contributed by atoms with Crippen molar-refractivity contribution in [2.45, 2.75) is 31.6 Å². The monoisotopic (exact) mass is 257 g/mol. The highest BCUT2D eigenvalue weighted by Gasteiger charge is 2.19. The lowest BCUT2D eigenvalue weighted by molar-refractivity contribution is 0.402. The van der Waals surface area contributed by atoms with Gasteiger partial charge in [0.05, 0.1) is 7.11 Å². The molecule has 5 heteroatoms. The van der Waals surface area contributed by atoms with Crippen LogP contribution >= 0.6 is 0 Å². The average Bonchev–Trinajstić information content (AvgIpc) is 2.28. The van der Waals surface area contributed by atoms with Crippen molar-refractivity contribution in [1.82, 2.24) is 4.72 Å². The fourth-order valence-corrected chi connectivity index (χ4v) is 2.77. The van der Waals surface area contributed by atoms with Crippen LogP contribution in [0.3, 0.4) is 0 Å². The van der Waals surface area contributed by atoms with Crippen LogP contribution in [0.15, 0.2) is 23.1 Å². The third-order valence-corrected chi connectivity index (χ3v) is 4.05. The lowest BCUT2D eigenvalue weighted by Crippen LogP contribution is -2.23. The van der Waals surface area contributed by atoms with Gasteiger partial charge in [0.2, 0.25) is 10.0 Å². The van der Waals surface area contributed by atoms with Gasteiger partial charge in [0, 0.05) is 6.54 Å². The van der Waals surface area contributed by atoms with Gasteiger partial charge >= 0.3 is 0 Å². The fraction of sp³-hybridized carbons (Fsp3) is 0.500. The summed E-state index contributed by atoms with van der Waals surface area (Å²) in [6.45, 7) is 6.14. The standard InChI is InChI=1S/C12H19NO3S/c1-5-13-17(14,15)12-8-10(9(2)3)6-7-11(12)16-4/h6-9,13H,5H2,1-4H3. The summed E-state index contributed by atoms with van der Waals surface area (Å²) in [7, 11) is -2.02. The Morgan fingerprint density at radius 1 is 1.35 bits per heavy atom. The second-order valence-corrected chi connectivity index (χ2v) is 5.80. The quantitative estimate of drug-likeness (QED) is 0.879. The Bertz CT molecular complexity index is 481. The molecule has 0 aliphatic rings. The predicted molar refractivity (Wildman–Crippen MR) is 67.9 cm³/mol. The van der Waals surface area contributed by atoms with Gasteiger partial charge in [-0.2, -0.15) is 0 Å². The van der Waals surface area contributed by atoms with Crippen molar-refractivity contribution in [2.75, 3.05) is 13.7 Å². The summed E-state index contributed by atoms with van der Waals surface area (Å²) in [5.74, 6) is 0.645. The molecule has 0 atom stereocenters. The van der Waals surface area contributed by atoms with Crippen LogP contribution < -0.4 is 9.46 Å². The molecule has 0 bridgehead atoms. The van der Waals surface area contributed by atoms with Crippen molar-refractivity contribution >= 4 is 10.0 Å². The molecule has 0 heterocycles. The maximum atomic E-state index is 12.0. The minimum Gasteiger partial charge on any atom is -0.495 e. The van der Waals surface area contributed by atoms with Gasteiger partial charge in [-0.05, 0) is 23.6 Å². The van der Waals surface area contributed by atoms with Gasteiger partial charge < -0.3 is 4.74 Å². The molecule has 0 fully saturated rings. The first-order valence-corrected chi connectivity index (χ1v) is 7.08. The minimum absolute atomic E-state index is 0.202. The van der Waals surface area contributed by atoms with Crippen molar-refractivity contribution in [3.8, 4) is 5.75 Å². The molecule has 1 aromatic rings. The number of hydrogen-bond acceptors (Lipinski definition) is 3. The minimum atomic E-state index is -3.48. The highest BCUT2D eigenvalue weighted by molar-refractivity contribution is 7.89. The predicted octanol–water partition coefficient (Wildman–Crippen LogP) is 2.12. The molecule has 17 heavy (non-hydrogen) atoms. The van der Waals surface area contributed by atoms with Gasteiger partial charge in [-0.15, -0.1) is 0 Å². The zero-order chi connectivity index (χ0) is 13.1. The first-order valence-electron chi connectivity index (χ1n) is 5.60. The summed E-state index contributed by atoms with van der Waals surface area (Å²) in [4.78, 5) is 0.202.